The normalized spacial score (nSPS) is 10.3. The molecular formula is C16H19ClN2O2S. The van der Waals surface area contributed by atoms with Crippen molar-refractivity contribution < 1.29 is 9.53 Å². The fourth-order valence-corrected chi connectivity index (χ4v) is 2.92. The molecule has 0 aliphatic heterocycles. The molecule has 0 saturated heterocycles. The van der Waals surface area contributed by atoms with E-state index in [1.54, 1.807) is 11.3 Å². The minimum Gasteiger partial charge on any atom is -0.449 e. The van der Waals surface area contributed by atoms with E-state index in [-0.39, 0.29) is 0 Å². The standard InChI is InChI=1S/C16H19ClN2O2S/c1-3-8-21-16(20)19-14-6-4-12(9-11(14)2)18-10-13-5-7-15(17)22-13/h4-7,9,18H,3,8,10H2,1-2H3,(H,19,20). The summed E-state index contributed by atoms with van der Waals surface area (Å²) in [6.07, 6.45) is 0.390. The molecule has 0 fully saturated rings. The molecule has 0 atom stereocenters. The van der Waals surface area contributed by atoms with E-state index in [9.17, 15) is 4.79 Å². The van der Waals surface area contributed by atoms with Crippen molar-refractivity contribution in [1.29, 1.82) is 0 Å². The number of benzene rings is 1. The average molecular weight is 339 g/mol. The summed E-state index contributed by atoms with van der Waals surface area (Å²) in [6, 6.07) is 9.69. The molecule has 118 valence electrons. The van der Waals surface area contributed by atoms with Gasteiger partial charge in [-0.15, -0.1) is 11.3 Å². The summed E-state index contributed by atoms with van der Waals surface area (Å²) < 4.78 is 5.80. The second-order valence-electron chi connectivity index (χ2n) is 4.85. The fraction of sp³-hybridized carbons (Fsp3) is 0.312. The zero-order chi connectivity index (χ0) is 15.9. The number of thiophene rings is 1. The molecule has 0 spiro atoms. The molecule has 6 heteroatoms. The highest BCUT2D eigenvalue weighted by Crippen LogP contribution is 2.24. The number of carbonyl (C=O) groups excluding carboxylic acids is 1. The predicted molar refractivity (Wildman–Crippen MR) is 93.1 cm³/mol. The smallest absolute Gasteiger partial charge is 0.411 e. The summed E-state index contributed by atoms with van der Waals surface area (Å²) in [4.78, 5) is 12.7. The summed E-state index contributed by atoms with van der Waals surface area (Å²) in [5.41, 5.74) is 2.72. The zero-order valence-electron chi connectivity index (χ0n) is 12.6. The van der Waals surface area contributed by atoms with Gasteiger partial charge in [0.25, 0.3) is 0 Å². The Kier molecular flexibility index (Phi) is 6.10. The van der Waals surface area contributed by atoms with Crippen LogP contribution >= 0.6 is 22.9 Å². The summed E-state index contributed by atoms with van der Waals surface area (Å²) in [6.45, 7) is 5.05. The second-order valence-corrected chi connectivity index (χ2v) is 6.65. The number of rotatable bonds is 6. The summed E-state index contributed by atoms with van der Waals surface area (Å²) >= 11 is 7.47. The molecule has 2 aromatic rings. The maximum atomic E-state index is 11.6. The Morgan fingerprint density at radius 1 is 1.32 bits per heavy atom. The second kappa shape index (κ2) is 8.06. The van der Waals surface area contributed by atoms with E-state index >= 15 is 0 Å². The number of nitrogens with one attached hydrogen (secondary N) is 2. The first-order valence-electron chi connectivity index (χ1n) is 7.11. The van der Waals surface area contributed by atoms with Crippen molar-refractivity contribution in [3.63, 3.8) is 0 Å². The van der Waals surface area contributed by atoms with Gasteiger partial charge in [-0.2, -0.15) is 0 Å². The van der Waals surface area contributed by atoms with E-state index in [2.05, 4.69) is 10.6 Å². The first-order valence-corrected chi connectivity index (χ1v) is 8.30. The molecule has 2 rings (SSSR count). The van der Waals surface area contributed by atoms with Gasteiger partial charge in [0, 0.05) is 22.8 Å². The lowest BCUT2D eigenvalue weighted by atomic mass is 10.2. The van der Waals surface area contributed by atoms with Crippen LogP contribution in [-0.4, -0.2) is 12.7 Å². The summed E-state index contributed by atoms with van der Waals surface area (Å²) in [5, 5.41) is 6.08. The Morgan fingerprint density at radius 2 is 2.14 bits per heavy atom. The van der Waals surface area contributed by atoms with E-state index in [1.807, 2.05) is 44.2 Å². The molecule has 0 aliphatic rings. The van der Waals surface area contributed by atoms with Gasteiger partial charge in [0.2, 0.25) is 0 Å². The third kappa shape index (κ3) is 4.93. The van der Waals surface area contributed by atoms with Gasteiger partial charge < -0.3 is 10.1 Å². The molecule has 0 saturated carbocycles. The third-order valence-corrected chi connectivity index (χ3v) is 4.23. The van der Waals surface area contributed by atoms with Crippen LogP contribution in [0.2, 0.25) is 4.34 Å². The maximum absolute atomic E-state index is 11.6. The highest BCUT2D eigenvalue weighted by atomic mass is 35.5. The van der Waals surface area contributed by atoms with Crippen LogP contribution in [0.15, 0.2) is 30.3 Å². The molecule has 2 N–H and O–H groups in total. The topological polar surface area (TPSA) is 50.4 Å². The monoisotopic (exact) mass is 338 g/mol. The van der Waals surface area contributed by atoms with Gasteiger partial charge in [-0.25, -0.2) is 4.79 Å². The first-order chi connectivity index (χ1) is 10.6. The Morgan fingerprint density at radius 3 is 2.77 bits per heavy atom. The van der Waals surface area contributed by atoms with Crippen molar-refractivity contribution in [1.82, 2.24) is 0 Å². The van der Waals surface area contributed by atoms with Crippen molar-refractivity contribution in [3.05, 3.63) is 45.1 Å². The highest BCUT2D eigenvalue weighted by molar-refractivity contribution is 7.16. The van der Waals surface area contributed by atoms with Crippen LogP contribution in [0.5, 0.6) is 0 Å². The summed E-state index contributed by atoms with van der Waals surface area (Å²) in [5.74, 6) is 0. The van der Waals surface area contributed by atoms with Gasteiger partial charge in [0.15, 0.2) is 0 Å². The van der Waals surface area contributed by atoms with Gasteiger partial charge in [-0.05, 0) is 49.2 Å². The molecule has 1 amide bonds. The molecule has 0 aliphatic carbocycles. The quantitative estimate of drug-likeness (QED) is 0.753. The number of hydrogen-bond acceptors (Lipinski definition) is 4. The van der Waals surface area contributed by atoms with Crippen LogP contribution in [0.3, 0.4) is 0 Å². The lowest BCUT2D eigenvalue weighted by Gasteiger charge is -2.11. The van der Waals surface area contributed by atoms with Gasteiger partial charge in [-0.1, -0.05) is 18.5 Å². The molecule has 1 heterocycles. The number of ether oxygens (including phenoxy) is 1. The Hall–Kier alpha value is -1.72. The van der Waals surface area contributed by atoms with Crippen LogP contribution in [0.1, 0.15) is 23.8 Å². The van der Waals surface area contributed by atoms with Gasteiger partial charge >= 0.3 is 6.09 Å². The largest absolute Gasteiger partial charge is 0.449 e. The van der Waals surface area contributed by atoms with E-state index in [1.165, 1.54) is 4.88 Å². The predicted octanol–water partition coefficient (Wildman–Crippen LogP) is 5.28. The molecule has 1 aromatic carbocycles. The number of carbonyl (C=O) groups is 1. The fourth-order valence-electron chi connectivity index (χ4n) is 1.89. The van der Waals surface area contributed by atoms with Gasteiger partial charge in [0.05, 0.1) is 10.9 Å². The van der Waals surface area contributed by atoms with Gasteiger partial charge in [-0.3, -0.25) is 5.32 Å². The number of aryl methyl sites for hydroxylation is 1. The van der Waals surface area contributed by atoms with Crippen LogP contribution in [-0.2, 0) is 11.3 Å². The SMILES string of the molecule is CCCOC(=O)Nc1ccc(NCc2ccc(Cl)s2)cc1C. The maximum Gasteiger partial charge on any atom is 0.411 e. The number of hydrogen-bond donors (Lipinski definition) is 2. The number of halogens is 1. The van der Waals surface area contributed by atoms with Crippen molar-refractivity contribution in [3.8, 4) is 0 Å². The van der Waals surface area contributed by atoms with E-state index in [0.717, 1.165) is 34.2 Å². The molecule has 0 unspecified atom stereocenters. The first kappa shape index (κ1) is 16.6. The minimum absolute atomic E-state index is 0.418. The van der Waals surface area contributed by atoms with E-state index in [0.29, 0.717) is 6.61 Å². The Bertz CT molecular complexity index is 643. The molecule has 0 bridgehead atoms. The van der Waals surface area contributed by atoms with Crippen LogP contribution in [0, 0.1) is 6.92 Å². The van der Waals surface area contributed by atoms with Crippen LogP contribution < -0.4 is 10.6 Å². The van der Waals surface area contributed by atoms with Crippen LogP contribution in [0.25, 0.3) is 0 Å². The van der Waals surface area contributed by atoms with Crippen molar-refractivity contribution in [2.45, 2.75) is 26.8 Å². The Balaban J connectivity index is 1.92. The molecular weight excluding hydrogens is 320 g/mol. The Labute approximate surface area is 139 Å². The third-order valence-electron chi connectivity index (χ3n) is 3.00. The molecule has 22 heavy (non-hydrogen) atoms. The molecule has 1 aromatic heterocycles. The van der Waals surface area contributed by atoms with Crippen molar-refractivity contribution in [2.24, 2.45) is 0 Å². The van der Waals surface area contributed by atoms with Crippen molar-refractivity contribution >= 4 is 40.4 Å². The number of anilines is 2. The zero-order valence-corrected chi connectivity index (χ0v) is 14.2. The van der Waals surface area contributed by atoms with Crippen LogP contribution in [0.4, 0.5) is 16.2 Å². The van der Waals surface area contributed by atoms with Crippen molar-refractivity contribution in [2.75, 3.05) is 17.2 Å². The lowest BCUT2D eigenvalue weighted by molar-refractivity contribution is 0.161. The molecule has 0 radical (unpaired) electrons. The molecule has 4 nitrogen and oxygen atoms in total. The van der Waals surface area contributed by atoms with E-state index in [4.69, 9.17) is 16.3 Å². The number of amides is 1. The lowest BCUT2D eigenvalue weighted by Crippen LogP contribution is -2.14. The minimum atomic E-state index is -0.418. The van der Waals surface area contributed by atoms with Gasteiger partial charge in [0.1, 0.15) is 0 Å². The van der Waals surface area contributed by atoms with E-state index < -0.39 is 6.09 Å². The summed E-state index contributed by atoms with van der Waals surface area (Å²) in [7, 11) is 0. The average Bonchev–Trinajstić information content (AvgIpc) is 2.91. The highest BCUT2D eigenvalue weighted by Gasteiger charge is 2.06.